The third-order valence-electron chi connectivity index (χ3n) is 2.38. The molecule has 0 unspecified atom stereocenters. The highest BCUT2D eigenvalue weighted by atomic mass is 35.5. The molecule has 2 rings (SSSR count). The van der Waals surface area contributed by atoms with Gasteiger partial charge in [-0.3, -0.25) is 0 Å². The fourth-order valence-corrected chi connectivity index (χ4v) is 1.77. The van der Waals surface area contributed by atoms with E-state index in [4.69, 9.17) is 16.3 Å². The van der Waals surface area contributed by atoms with Crippen molar-refractivity contribution in [3.63, 3.8) is 0 Å². The van der Waals surface area contributed by atoms with Crippen molar-refractivity contribution in [2.45, 2.75) is 12.8 Å². The largest absolute Gasteiger partial charge is 0.494 e. The molecule has 0 atom stereocenters. The van der Waals surface area contributed by atoms with Crippen LogP contribution in [-0.4, -0.2) is 16.6 Å². The van der Waals surface area contributed by atoms with Crippen molar-refractivity contribution in [1.82, 2.24) is 9.97 Å². The van der Waals surface area contributed by atoms with E-state index in [0.29, 0.717) is 18.4 Å². The molecule has 0 fully saturated rings. The van der Waals surface area contributed by atoms with E-state index < -0.39 is 5.82 Å². The third-order valence-corrected chi connectivity index (χ3v) is 2.67. The fourth-order valence-electron chi connectivity index (χ4n) is 1.56. The molecular formula is C13H13ClFN3O. The van der Waals surface area contributed by atoms with Crippen LogP contribution in [0.3, 0.4) is 0 Å². The van der Waals surface area contributed by atoms with Gasteiger partial charge in [0.1, 0.15) is 5.75 Å². The van der Waals surface area contributed by atoms with E-state index in [2.05, 4.69) is 15.3 Å². The molecule has 0 aliphatic heterocycles. The number of hydrogen-bond acceptors (Lipinski definition) is 4. The quantitative estimate of drug-likeness (QED) is 0.852. The van der Waals surface area contributed by atoms with Crippen LogP contribution in [0.25, 0.3) is 0 Å². The second-order valence-corrected chi connectivity index (χ2v) is 4.01. The first-order valence-electron chi connectivity index (χ1n) is 5.79. The van der Waals surface area contributed by atoms with Crippen LogP contribution in [0.2, 0.25) is 0 Å². The first kappa shape index (κ1) is 13.5. The van der Waals surface area contributed by atoms with E-state index in [1.165, 1.54) is 0 Å². The molecule has 100 valence electrons. The molecule has 1 N–H and O–H groups in total. The average molecular weight is 282 g/mol. The van der Waals surface area contributed by atoms with Gasteiger partial charge < -0.3 is 10.1 Å². The lowest BCUT2D eigenvalue weighted by atomic mass is 10.2. The molecule has 19 heavy (non-hydrogen) atoms. The molecule has 0 saturated heterocycles. The van der Waals surface area contributed by atoms with Crippen LogP contribution in [0.1, 0.15) is 12.5 Å². The molecule has 0 saturated carbocycles. The lowest BCUT2D eigenvalue weighted by Gasteiger charge is -2.11. The van der Waals surface area contributed by atoms with Crippen LogP contribution in [0.15, 0.2) is 30.6 Å². The van der Waals surface area contributed by atoms with Gasteiger partial charge in [0.15, 0.2) is 5.82 Å². The Kier molecular flexibility index (Phi) is 4.52. The highest BCUT2D eigenvalue weighted by Gasteiger charge is 2.05. The summed E-state index contributed by atoms with van der Waals surface area (Å²) >= 11 is 5.87. The summed E-state index contributed by atoms with van der Waals surface area (Å²) in [6.07, 6.45) is 2.21. The Morgan fingerprint density at radius 1 is 1.32 bits per heavy atom. The fraction of sp³-hybridized carbons (Fsp3) is 0.231. The maximum absolute atomic E-state index is 12.7. The monoisotopic (exact) mass is 281 g/mol. The number of rotatable bonds is 5. The Hall–Kier alpha value is -1.88. The summed E-state index contributed by atoms with van der Waals surface area (Å²) in [5, 5.41) is 2.97. The molecule has 2 aromatic rings. The molecule has 0 aliphatic carbocycles. The van der Waals surface area contributed by atoms with Gasteiger partial charge in [0.2, 0.25) is 5.95 Å². The third kappa shape index (κ3) is 3.54. The molecule has 0 bridgehead atoms. The van der Waals surface area contributed by atoms with Gasteiger partial charge in [0.25, 0.3) is 0 Å². The van der Waals surface area contributed by atoms with Crippen LogP contribution >= 0.6 is 11.6 Å². The minimum atomic E-state index is -0.473. The van der Waals surface area contributed by atoms with E-state index in [1.807, 2.05) is 25.1 Å². The Morgan fingerprint density at radius 3 is 2.68 bits per heavy atom. The number of aromatic nitrogens is 2. The number of nitrogens with one attached hydrogen (secondary N) is 1. The van der Waals surface area contributed by atoms with Gasteiger partial charge in [-0.15, -0.1) is 11.6 Å². The summed E-state index contributed by atoms with van der Waals surface area (Å²) in [5.74, 6) is 0.947. The van der Waals surface area contributed by atoms with Crippen LogP contribution in [-0.2, 0) is 5.88 Å². The zero-order chi connectivity index (χ0) is 13.7. The summed E-state index contributed by atoms with van der Waals surface area (Å²) in [7, 11) is 0. The molecule has 0 aliphatic rings. The predicted molar refractivity (Wildman–Crippen MR) is 72.4 cm³/mol. The van der Waals surface area contributed by atoms with Gasteiger partial charge in [0, 0.05) is 11.3 Å². The van der Waals surface area contributed by atoms with Crippen molar-refractivity contribution < 1.29 is 9.13 Å². The van der Waals surface area contributed by atoms with Gasteiger partial charge in [-0.2, -0.15) is 0 Å². The molecule has 0 spiro atoms. The molecule has 0 radical (unpaired) electrons. The number of ether oxygens (including phenoxy) is 1. The van der Waals surface area contributed by atoms with Crippen molar-refractivity contribution in [3.05, 3.63) is 42.0 Å². The number of alkyl halides is 1. The van der Waals surface area contributed by atoms with E-state index in [0.717, 1.165) is 29.4 Å². The second-order valence-electron chi connectivity index (χ2n) is 3.74. The summed E-state index contributed by atoms with van der Waals surface area (Å²) < 4.78 is 18.2. The molecule has 1 aromatic carbocycles. The lowest BCUT2D eigenvalue weighted by molar-refractivity contribution is 0.337. The Morgan fingerprint density at radius 2 is 2.05 bits per heavy atom. The number of benzene rings is 1. The summed E-state index contributed by atoms with van der Waals surface area (Å²) in [6.45, 7) is 2.49. The van der Waals surface area contributed by atoms with Crippen molar-refractivity contribution in [2.24, 2.45) is 0 Å². The standard InChI is InChI=1S/C13H13ClFN3O/c1-2-19-12-4-3-11(5-9(12)6-14)18-13-16-7-10(15)8-17-13/h3-5,7-8H,2,6H2,1H3,(H,16,17,18). The summed E-state index contributed by atoms with van der Waals surface area (Å²) in [6, 6.07) is 5.51. The second kappa shape index (κ2) is 6.33. The van der Waals surface area contributed by atoms with Crippen molar-refractivity contribution >= 4 is 23.2 Å². The molecular weight excluding hydrogens is 269 g/mol. The number of halogens is 2. The highest BCUT2D eigenvalue weighted by Crippen LogP contribution is 2.25. The SMILES string of the molecule is CCOc1ccc(Nc2ncc(F)cn2)cc1CCl. The summed E-state index contributed by atoms with van der Waals surface area (Å²) in [4.78, 5) is 7.65. The van der Waals surface area contributed by atoms with Crippen LogP contribution in [0, 0.1) is 5.82 Å². The Balaban J connectivity index is 2.18. The van der Waals surface area contributed by atoms with Gasteiger partial charge in [-0.1, -0.05) is 0 Å². The summed E-state index contributed by atoms with van der Waals surface area (Å²) in [5.41, 5.74) is 1.64. The van der Waals surface area contributed by atoms with E-state index in [1.54, 1.807) is 0 Å². The normalized spacial score (nSPS) is 10.3. The van der Waals surface area contributed by atoms with E-state index in [9.17, 15) is 4.39 Å². The lowest BCUT2D eigenvalue weighted by Crippen LogP contribution is -1.99. The van der Waals surface area contributed by atoms with Crippen molar-refractivity contribution in [1.29, 1.82) is 0 Å². The molecule has 0 amide bonds. The Labute approximate surface area is 115 Å². The minimum absolute atomic E-state index is 0.325. The average Bonchev–Trinajstić information content (AvgIpc) is 2.43. The molecule has 6 heteroatoms. The van der Waals surface area contributed by atoms with Crippen LogP contribution in [0.4, 0.5) is 16.0 Å². The topological polar surface area (TPSA) is 47.0 Å². The smallest absolute Gasteiger partial charge is 0.227 e. The van der Waals surface area contributed by atoms with Gasteiger partial charge in [0.05, 0.1) is 24.9 Å². The highest BCUT2D eigenvalue weighted by molar-refractivity contribution is 6.17. The zero-order valence-corrected chi connectivity index (χ0v) is 11.1. The van der Waals surface area contributed by atoms with Crippen molar-refractivity contribution in [2.75, 3.05) is 11.9 Å². The molecule has 1 heterocycles. The van der Waals surface area contributed by atoms with Gasteiger partial charge in [-0.25, -0.2) is 14.4 Å². The number of anilines is 2. The van der Waals surface area contributed by atoms with Gasteiger partial charge in [-0.05, 0) is 25.1 Å². The molecule has 1 aromatic heterocycles. The predicted octanol–water partition coefficient (Wildman–Crippen LogP) is 3.50. The van der Waals surface area contributed by atoms with Crippen LogP contribution < -0.4 is 10.1 Å². The first-order valence-corrected chi connectivity index (χ1v) is 6.32. The van der Waals surface area contributed by atoms with E-state index >= 15 is 0 Å². The van der Waals surface area contributed by atoms with Crippen LogP contribution in [0.5, 0.6) is 5.75 Å². The van der Waals surface area contributed by atoms with Crippen molar-refractivity contribution in [3.8, 4) is 5.75 Å². The number of nitrogens with zero attached hydrogens (tertiary/aromatic N) is 2. The first-order chi connectivity index (χ1) is 9.22. The zero-order valence-electron chi connectivity index (χ0n) is 10.4. The molecule has 4 nitrogen and oxygen atoms in total. The van der Waals surface area contributed by atoms with E-state index in [-0.39, 0.29) is 0 Å². The maximum atomic E-state index is 12.7. The minimum Gasteiger partial charge on any atom is -0.494 e. The maximum Gasteiger partial charge on any atom is 0.227 e. The van der Waals surface area contributed by atoms with Gasteiger partial charge >= 0.3 is 0 Å². The Bertz CT molecular complexity index is 548. The number of hydrogen-bond donors (Lipinski definition) is 1.